The van der Waals surface area contributed by atoms with Crippen LogP contribution in [0.1, 0.15) is 16.0 Å². The van der Waals surface area contributed by atoms with Crippen molar-refractivity contribution in [3.8, 4) is 0 Å². The number of amides is 3. The normalized spacial score (nSPS) is 18.3. The zero-order valence-corrected chi connectivity index (χ0v) is 17.4. The number of fused-ring (bicyclic) bond motifs is 1. The second kappa shape index (κ2) is 7.61. The Labute approximate surface area is 173 Å². The van der Waals surface area contributed by atoms with Crippen molar-refractivity contribution < 1.29 is 14.4 Å². The summed E-state index contributed by atoms with van der Waals surface area (Å²) in [4.78, 5) is 41.5. The average Bonchev–Trinajstić information content (AvgIpc) is 3.19. The Morgan fingerprint density at radius 1 is 1.15 bits per heavy atom. The first kappa shape index (κ1) is 18.5. The summed E-state index contributed by atoms with van der Waals surface area (Å²) >= 11 is 5.74. The van der Waals surface area contributed by atoms with Gasteiger partial charge in [-0.1, -0.05) is 24.3 Å². The second-order valence-corrected chi connectivity index (χ2v) is 9.73. The Kier molecular flexibility index (Phi) is 5.21. The van der Waals surface area contributed by atoms with Crippen molar-refractivity contribution in [3.63, 3.8) is 0 Å². The van der Waals surface area contributed by atoms with Gasteiger partial charge in [-0.2, -0.15) is 0 Å². The van der Waals surface area contributed by atoms with E-state index in [9.17, 15) is 14.4 Å². The fourth-order valence-electron chi connectivity index (χ4n) is 3.12. The standard InChI is InChI=1S/C19H15BrN2O3S2/c20-16-6-5-14(26-16)9-15-18(24)22(19(25)27-15)11-17(23)21-8-7-12-3-1-2-4-13(12)10-21/h1-6,9H,7-8,10-11H2/b15-9-. The summed E-state index contributed by atoms with van der Waals surface area (Å²) in [5, 5.41) is -0.396. The van der Waals surface area contributed by atoms with Gasteiger partial charge in [0.15, 0.2) is 0 Å². The Hall–Kier alpha value is -1.90. The van der Waals surface area contributed by atoms with Gasteiger partial charge in [0.2, 0.25) is 5.91 Å². The highest BCUT2D eigenvalue weighted by atomic mass is 79.9. The van der Waals surface area contributed by atoms with Gasteiger partial charge < -0.3 is 4.90 Å². The lowest BCUT2D eigenvalue weighted by molar-refractivity contribution is -0.136. The molecule has 0 bridgehead atoms. The van der Waals surface area contributed by atoms with Crippen LogP contribution in [0.4, 0.5) is 4.79 Å². The molecule has 2 aromatic rings. The fraction of sp³-hybridized carbons (Fsp3) is 0.211. The first-order valence-electron chi connectivity index (χ1n) is 8.36. The maximum Gasteiger partial charge on any atom is 0.294 e. The van der Waals surface area contributed by atoms with Crippen molar-refractivity contribution in [2.24, 2.45) is 0 Å². The van der Waals surface area contributed by atoms with Crippen molar-refractivity contribution >= 4 is 62.2 Å². The molecule has 4 rings (SSSR count). The molecule has 27 heavy (non-hydrogen) atoms. The van der Waals surface area contributed by atoms with Crippen LogP contribution in [0, 0.1) is 0 Å². The van der Waals surface area contributed by atoms with E-state index >= 15 is 0 Å². The Bertz CT molecular complexity index is 969. The van der Waals surface area contributed by atoms with E-state index in [4.69, 9.17) is 0 Å². The highest BCUT2D eigenvalue weighted by molar-refractivity contribution is 9.11. The van der Waals surface area contributed by atoms with Gasteiger partial charge in [0, 0.05) is 18.0 Å². The van der Waals surface area contributed by atoms with Gasteiger partial charge >= 0.3 is 0 Å². The number of thiophene rings is 1. The van der Waals surface area contributed by atoms with Gasteiger partial charge in [0.25, 0.3) is 11.1 Å². The number of imide groups is 1. The molecule has 0 radical (unpaired) electrons. The Morgan fingerprint density at radius 3 is 2.67 bits per heavy atom. The minimum absolute atomic E-state index is 0.202. The van der Waals surface area contributed by atoms with E-state index in [0.717, 1.165) is 37.3 Å². The van der Waals surface area contributed by atoms with Crippen molar-refractivity contribution in [2.75, 3.05) is 13.1 Å². The summed E-state index contributed by atoms with van der Waals surface area (Å²) in [6, 6.07) is 11.8. The minimum Gasteiger partial charge on any atom is -0.336 e. The number of rotatable bonds is 3. The zero-order valence-electron chi connectivity index (χ0n) is 14.2. The third kappa shape index (κ3) is 3.88. The number of benzene rings is 1. The molecule has 1 aromatic heterocycles. The molecule has 1 fully saturated rings. The smallest absolute Gasteiger partial charge is 0.294 e. The largest absolute Gasteiger partial charge is 0.336 e. The van der Waals surface area contributed by atoms with Crippen LogP contribution in [-0.2, 0) is 22.6 Å². The Morgan fingerprint density at radius 2 is 1.93 bits per heavy atom. The van der Waals surface area contributed by atoms with Crippen molar-refractivity contribution in [1.29, 1.82) is 0 Å². The summed E-state index contributed by atoms with van der Waals surface area (Å²) in [7, 11) is 0. The van der Waals surface area contributed by atoms with Crippen LogP contribution in [0.3, 0.4) is 0 Å². The average molecular weight is 463 g/mol. The molecule has 0 N–H and O–H groups in total. The monoisotopic (exact) mass is 462 g/mol. The molecule has 1 saturated heterocycles. The summed E-state index contributed by atoms with van der Waals surface area (Å²) in [6.45, 7) is 0.910. The van der Waals surface area contributed by atoms with Crippen molar-refractivity contribution in [2.45, 2.75) is 13.0 Å². The van der Waals surface area contributed by atoms with E-state index in [0.29, 0.717) is 18.0 Å². The van der Waals surface area contributed by atoms with Gasteiger partial charge in [-0.05, 0) is 63.4 Å². The molecule has 3 amide bonds. The van der Waals surface area contributed by atoms with Gasteiger partial charge in [0.1, 0.15) is 6.54 Å². The molecule has 3 heterocycles. The quantitative estimate of drug-likeness (QED) is 0.643. The molecule has 0 saturated carbocycles. The van der Waals surface area contributed by atoms with Crippen LogP contribution < -0.4 is 0 Å². The van der Waals surface area contributed by atoms with Crippen LogP contribution in [0.2, 0.25) is 0 Å². The van der Waals surface area contributed by atoms with Gasteiger partial charge in [-0.15, -0.1) is 11.3 Å². The van der Waals surface area contributed by atoms with E-state index in [1.165, 1.54) is 16.9 Å². The Balaban J connectivity index is 1.45. The summed E-state index contributed by atoms with van der Waals surface area (Å²) < 4.78 is 0.952. The lowest BCUT2D eigenvalue weighted by Gasteiger charge is -2.29. The molecule has 0 spiro atoms. The molecular weight excluding hydrogens is 448 g/mol. The molecule has 8 heteroatoms. The molecule has 1 aromatic carbocycles. The predicted molar refractivity (Wildman–Crippen MR) is 110 cm³/mol. The summed E-state index contributed by atoms with van der Waals surface area (Å²) in [6.07, 6.45) is 2.49. The van der Waals surface area contributed by atoms with Gasteiger partial charge in [0.05, 0.1) is 8.69 Å². The van der Waals surface area contributed by atoms with Crippen LogP contribution in [0.15, 0.2) is 45.1 Å². The number of hydrogen-bond acceptors (Lipinski definition) is 5. The van der Waals surface area contributed by atoms with E-state index in [2.05, 4.69) is 22.0 Å². The maximum absolute atomic E-state index is 12.7. The predicted octanol–water partition coefficient (Wildman–Crippen LogP) is 4.13. The van der Waals surface area contributed by atoms with Crippen LogP contribution in [-0.4, -0.2) is 39.9 Å². The lowest BCUT2D eigenvalue weighted by atomic mass is 10.00. The number of carbonyl (C=O) groups is 3. The molecule has 5 nitrogen and oxygen atoms in total. The molecule has 2 aliphatic heterocycles. The van der Waals surface area contributed by atoms with E-state index in [1.54, 1.807) is 11.0 Å². The number of thioether (sulfide) groups is 1. The number of nitrogens with zero attached hydrogens (tertiary/aromatic N) is 2. The molecular formula is C19H15BrN2O3S2. The minimum atomic E-state index is -0.403. The molecule has 0 atom stereocenters. The first-order chi connectivity index (χ1) is 13.0. The highest BCUT2D eigenvalue weighted by Gasteiger charge is 2.37. The summed E-state index contributed by atoms with van der Waals surface area (Å²) in [5.74, 6) is -0.604. The first-order valence-corrected chi connectivity index (χ1v) is 10.8. The molecule has 0 unspecified atom stereocenters. The van der Waals surface area contributed by atoms with Crippen LogP contribution in [0.5, 0.6) is 0 Å². The third-order valence-corrected chi connectivity index (χ3v) is 7.00. The summed E-state index contributed by atoms with van der Waals surface area (Å²) in [5.41, 5.74) is 2.37. The number of carbonyl (C=O) groups excluding carboxylic acids is 3. The fourth-order valence-corrected chi connectivity index (χ4v) is 5.39. The number of hydrogen-bond donors (Lipinski definition) is 0. The lowest BCUT2D eigenvalue weighted by Crippen LogP contribution is -2.44. The molecule has 2 aliphatic rings. The SMILES string of the molecule is O=C(CN1C(=O)S/C(=C\c2ccc(Br)s2)C1=O)N1CCc2ccccc2C1. The number of halogens is 1. The van der Waals surface area contributed by atoms with Crippen LogP contribution in [0.25, 0.3) is 6.08 Å². The van der Waals surface area contributed by atoms with Gasteiger partial charge in [-0.25, -0.2) is 0 Å². The van der Waals surface area contributed by atoms with Crippen molar-refractivity contribution in [1.82, 2.24) is 9.80 Å². The van der Waals surface area contributed by atoms with Crippen molar-refractivity contribution in [3.05, 3.63) is 61.1 Å². The maximum atomic E-state index is 12.7. The van der Waals surface area contributed by atoms with Crippen LogP contribution >= 0.6 is 39.0 Å². The topological polar surface area (TPSA) is 57.7 Å². The van der Waals surface area contributed by atoms with E-state index in [1.807, 2.05) is 30.3 Å². The third-order valence-electron chi connectivity index (χ3n) is 4.52. The zero-order chi connectivity index (χ0) is 19.0. The van der Waals surface area contributed by atoms with E-state index in [-0.39, 0.29) is 12.5 Å². The van der Waals surface area contributed by atoms with Gasteiger partial charge in [-0.3, -0.25) is 19.3 Å². The second-order valence-electron chi connectivity index (χ2n) is 6.24. The molecule has 138 valence electrons. The highest BCUT2D eigenvalue weighted by Crippen LogP contribution is 2.34. The van der Waals surface area contributed by atoms with E-state index < -0.39 is 11.1 Å². The molecule has 0 aliphatic carbocycles.